The molecule has 2 aromatic carbocycles. The van der Waals surface area contributed by atoms with E-state index in [1.54, 1.807) is 6.07 Å². The van der Waals surface area contributed by atoms with Crippen molar-refractivity contribution in [2.75, 3.05) is 13.2 Å². The number of benzene rings is 2. The third kappa shape index (κ3) is 4.77. The molecule has 2 rings (SSSR count). The number of hydrogen-bond acceptors (Lipinski definition) is 4. The van der Waals surface area contributed by atoms with Crippen molar-refractivity contribution in [1.29, 1.82) is 0 Å². The minimum Gasteiger partial charge on any atom is -0.482 e. The summed E-state index contributed by atoms with van der Waals surface area (Å²) >= 11 is 0. The van der Waals surface area contributed by atoms with Crippen molar-refractivity contribution in [2.24, 2.45) is 0 Å². The predicted molar refractivity (Wildman–Crippen MR) is 83.7 cm³/mol. The van der Waals surface area contributed by atoms with Crippen molar-refractivity contribution in [3.8, 4) is 5.75 Å². The van der Waals surface area contributed by atoms with E-state index in [4.69, 9.17) is 9.47 Å². The fourth-order valence-electron chi connectivity index (χ4n) is 1.95. The van der Waals surface area contributed by atoms with Gasteiger partial charge >= 0.3 is 5.97 Å². The highest BCUT2D eigenvalue weighted by Gasteiger charge is 2.09. The first-order chi connectivity index (χ1) is 10.5. The average Bonchev–Trinajstić information content (AvgIpc) is 2.50. The van der Waals surface area contributed by atoms with E-state index in [-0.39, 0.29) is 25.2 Å². The van der Waals surface area contributed by atoms with Gasteiger partial charge in [-0.1, -0.05) is 30.3 Å². The molecule has 5 nitrogen and oxygen atoms in total. The van der Waals surface area contributed by atoms with Crippen LogP contribution in [0.15, 0.2) is 42.5 Å². The molecular formula is C17H19NO4. The molecule has 0 saturated heterocycles. The molecule has 0 atom stereocenters. The Morgan fingerprint density at radius 2 is 1.77 bits per heavy atom. The molecule has 0 aromatic heterocycles. The largest absolute Gasteiger partial charge is 0.482 e. The van der Waals surface area contributed by atoms with Crippen LogP contribution in [0.25, 0.3) is 10.8 Å². The van der Waals surface area contributed by atoms with E-state index >= 15 is 0 Å². The Bertz CT molecular complexity index is 667. The van der Waals surface area contributed by atoms with Crippen LogP contribution in [0.1, 0.15) is 13.8 Å². The van der Waals surface area contributed by atoms with Crippen molar-refractivity contribution < 1.29 is 19.1 Å². The topological polar surface area (TPSA) is 64.6 Å². The molecule has 2 aromatic rings. The lowest BCUT2D eigenvalue weighted by Gasteiger charge is -2.10. The Balaban J connectivity index is 1.81. The number of rotatable bonds is 6. The monoisotopic (exact) mass is 301 g/mol. The lowest BCUT2D eigenvalue weighted by atomic mass is 10.1. The second kappa shape index (κ2) is 7.45. The summed E-state index contributed by atoms with van der Waals surface area (Å²) in [6, 6.07) is 13.5. The van der Waals surface area contributed by atoms with E-state index in [9.17, 15) is 9.59 Å². The molecular weight excluding hydrogens is 282 g/mol. The van der Waals surface area contributed by atoms with E-state index in [0.717, 1.165) is 10.8 Å². The minimum atomic E-state index is -0.577. The zero-order chi connectivity index (χ0) is 15.9. The Morgan fingerprint density at radius 3 is 2.50 bits per heavy atom. The summed E-state index contributed by atoms with van der Waals surface area (Å²) in [7, 11) is 0. The second-order valence-electron chi connectivity index (χ2n) is 5.18. The number of carbonyl (C=O) groups is 2. The molecule has 0 radical (unpaired) electrons. The van der Waals surface area contributed by atoms with Crippen LogP contribution >= 0.6 is 0 Å². The van der Waals surface area contributed by atoms with Crippen LogP contribution in [-0.4, -0.2) is 31.1 Å². The van der Waals surface area contributed by atoms with Crippen molar-refractivity contribution in [1.82, 2.24) is 5.32 Å². The molecule has 0 bridgehead atoms. The molecule has 1 N–H and O–H groups in total. The zero-order valence-corrected chi connectivity index (χ0v) is 12.7. The minimum absolute atomic E-state index is 0.0139. The lowest BCUT2D eigenvalue weighted by Crippen LogP contribution is -2.34. The third-order valence-corrected chi connectivity index (χ3v) is 2.89. The van der Waals surface area contributed by atoms with Crippen molar-refractivity contribution in [3.63, 3.8) is 0 Å². The second-order valence-corrected chi connectivity index (χ2v) is 5.18. The van der Waals surface area contributed by atoms with E-state index in [0.29, 0.717) is 5.75 Å². The Kier molecular flexibility index (Phi) is 5.36. The molecule has 0 saturated carbocycles. The van der Waals surface area contributed by atoms with Crippen LogP contribution in [0.5, 0.6) is 5.75 Å². The highest BCUT2D eigenvalue weighted by Crippen LogP contribution is 2.20. The average molecular weight is 301 g/mol. The summed E-state index contributed by atoms with van der Waals surface area (Å²) in [4.78, 5) is 22.9. The first kappa shape index (κ1) is 15.8. The number of ether oxygens (including phenoxy) is 2. The maximum atomic E-state index is 11.5. The zero-order valence-electron chi connectivity index (χ0n) is 12.7. The number of nitrogens with one attached hydrogen (secondary N) is 1. The van der Waals surface area contributed by atoms with Crippen molar-refractivity contribution in [3.05, 3.63) is 42.5 Å². The van der Waals surface area contributed by atoms with Gasteiger partial charge in [0.2, 0.25) is 0 Å². The molecule has 0 aliphatic carbocycles. The van der Waals surface area contributed by atoms with Gasteiger partial charge in [0.15, 0.2) is 13.2 Å². The number of fused-ring (bicyclic) bond motifs is 1. The van der Waals surface area contributed by atoms with Crippen LogP contribution in [0.3, 0.4) is 0 Å². The van der Waals surface area contributed by atoms with Crippen molar-refractivity contribution in [2.45, 2.75) is 19.9 Å². The molecule has 0 spiro atoms. The van der Waals surface area contributed by atoms with Crippen LogP contribution in [0, 0.1) is 0 Å². The van der Waals surface area contributed by atoms with Crippen LogP contribution in [0.4, 0.5) is 0 Å². The summed E-state index contributed by atoms with van der Waals surface area (Å²) < 4.78 is 10.2. The SMILES string of the molecule is CC(C)NC(=O)COC(=O)COc1ccc2ccccc2c1. The van der Waals surface area contributed by atoms with Gasteiger partial charge in [-0.15, -0.1) is 0 Å². The van der Waals surface area contributed by atoms with Crippen LogP contribution in [0.2, 0.25) is 0 Å². The third-order valence-electron chi connectivity index (χ3n) is 2.89. The quantitative estimate of drug-likeness (QED) is 0.831. The van der Waals surface area contributed by atoms with Gasteiger partial charge in [0.05, 0.1) is 0 Å². The van der Waals surface area contributed by atoms with Gasteiger partial charge in [-0.05, 0) is 36.8 Å². The van der Waals surface area contributed by atoms with Gasteiger partial charge in [0.1, 0.15) is 5.75 Å². The van der Waals surface area contributed by atoms with Gasteiger partial charge in [-0.3, -0.25) is 4.79 Å². The fraction of sp³-hybridized carbons (Fsp3) is 0.294. The summed E-state index contributed by atoms with van der Waals surface area (Å²) in [6.07, 6.45) is 0. The number of esters is 1. The Morgan fingerprint density at radius 1 is 1.05 bits per heavy atom. The Labute approximate surface area is 129 Å². The van der Waals surface area contributed by atoms with Gasteiger partial charge in [-0.25, -0.2) is 4.79 Å². The van der Waals surface area contributed by atoms with Gasteiger partial charge < -0.3 is 14.8 Å². The van der Waals surface area contributed by atoms with E-state index < -0.39 is 5.97 Å². The van der Waals surface area contributed by atoms with E-state index in [1.807, 2.05) is 50.2 Å². The van der Waals surface area contributed by atoms with E-state index in [1.165, 1.54) is 0 Å². The summed E-state index contributed by atoms with van der Waals surface area (Å²) in [5, 5.41) is 4.77. The smallest absolute Gasteiger partial charge is 0.344 e. The van der Waals surface area contributed by atoms with E-state index in [2.05, 4.69) is 5.32 Å². The standard InChI is InChI=1S/C17H19NO4/c1-12(2)18-16(19)10-22-17(20)11-21-15-8-7-13-5-3-4-6-14(13)9-15/h3-9,12H,10-11H2,1-2H3,(H,18,19). The van der Waals surface area contributed by atoms with Gasteiger partial charge in [0.25, 0.3) is 5.91 Å². The van der Waals surface area contributed by atoms with Crippen LogP contribution in [-0.2, 0) is 14.3 Å². The highest BCUT2D eigenvalue weighted by atomic mass is 16.6. The first-order valence-corrected chi connectivity index (χ1v) is 7.11. The first-order valence-electron chi connectivity index (χ1n) is 7.11. The molecule has 0 heterocycles. The molecule has 0 fully saturated rings. The normalized spacial score (nSPS) is 10.5. The van der Waals surface area contributed by atoms with Gasteiger partial charge in [0, 0.05) is 6.04 Å². The number of amides is 1. The summed E-state index contributed by atoms with van der Waals surface area (Å²) in [5.74, 6) is -0.316. The molecule has 1 amide bonds. The van der Waals surface area contributed by atoms with Crippen molar-refractivity contribution >= 4 is 22.6 Å². The molecule has 5 heteroatoms. The molecule has 0 aliphatic heterocycles. The number of carbonyl (C=O) groups excluding carboxylic acids is 2. The maximum absolute atomic E-state index is 11.5. The van der Waals surface area contributed by atoms with Crippen LogP contribution < -0.4 is 10.1 Å². The Hall–Kier alpha value is -2.56. The highest BCUT2D eigenvalue weighted by molar-refractivity contribution is 5.84. The molecule has 0 unspecified atom stereocenters. The molecule has 116 valence electrons. The van der Waals surface area contributed by atoms with Gasteiger partial charge in [-0.2, -0.15) is 0 Å². The number of hydrogen-bond donors (Lipinski definition) is 1. The lowest BCUT2D eigenvalue weighted by molar-refractivity contribution is -0.150. The summed E-state index contributed by atoms with van der Waals surface area (Å²) in [5.41, 5.74) is 0. The maximum Gasteiger partial charge on any atom is 0.344 e. The summed E-state index contributed by atoms with van der Waals surface area (Å²) in [6.45, 7) is 3.15. The molecule has 22 heavy (non-hydrogen) atoms. The predicted octanol–water partition coefficient (Wildman–Crippen LogP) is 2.29. The molecule has 0 aliphatic rings. The fourth-order valence-corrected chi connectivity index (χ4v) is 1.95.